The first-order valence-electron chi connectivity index (χ1n) is 4.03. The van der Waals surface area contributed by atoms with Crippen molar-refractivity contribution in [1.82, 2.24) is 0 Å². The number of aliphatic hydroxyl groups excluding tert-OH is 1. The standard InChI is InChI=1S/C10H7IO2S/c11-9-3-6-1-2-7(4-12)8(5-13)10(6)14-9/h1-3,5,12H,4H2. The molecule has 0 saturated carbocycles. The maximum Gasteiger partial charge on any atom is 0.151 e. The number of hydrogen-bond acceptors (Lipinski definition) is 3. The summed E-state index contributed by atoms with van der Waals surface area (Å²) in [4.78, 5) is 10.9. The van der Waals surface area contributed by atoms with E-state index in [0.29, 0.717) is 11.1 Å². The second kappa shape index (κ2) is 3.96. The minimum absolute atomic E-state index is 0.0848. The molecule has 1 N–H and O–H groups in total. The molecule has 2 rings (SSSR count). The van der Waals surface area contributed by atoms with E-state index in [1.54, 1.807) is 17.4 Å². The first-order valence-corrected chi connectivity index (χ1v) is 5.92. The summed E-state index contributed by atoms with van der Waals surface area (Å²) in [5, 5.41) is 10.1. The highest BCUT2D eigenvalue weighted by molar-refractivity contribution is 14.1. The van der Waals surface area contributed by atoms with Crippen molar-refractivity contribution in [3.8, 4) is 0 Å². The Hall–Kier alpha value is -0.460. The van der Waals surface area contributed by atoms with E-state index < -0.39 is 0 Å². The van der Waals surface area contributed by atoms with Crippen LogP contribution in [0.4, 0.5) is 0 Å². The molecule has 14 heavy (non-hydrogen) atoms. The van der Waals surface area contributed by atoms with E-state index in [4.69, 9.17) is 5.11 Å². The minimum Gasteiger partial charge on any atom is -0.392 e. The van der Waals surface area contributed by atoms with Crippen molar-refractivity contribution in [1.29, 1.82) is 0 Å². The summed E-state index contributed by atoms with van der Waals surface area (Å²) in [5.74, 6) is 0. The molecule has 0 aliphatic carbocycles. The molecule has 0 fully saturated rings. The smallest absolute Gasteiger partial charge is 0.151 e. The summed E-state index contributed by atoms with van der Waals surface area (Å²) in [6.07, 6.45) is 0.820. The molecule has 0 aliphatic rings. The highest BCUT2D eigenvalue weighted by Crippen LogP contribution is 2.30. The lowest BCUT2D eigenvalue weighted by molar-refractivity contribution is 0.112. The number of halogens is 1. The molecule has 72 valence electrons. The molecule has 1 aromatic heterocycles. The Morgan fingerprint density at radius 3 is 2.93 bits per heavy atom. The first kappa shape index (κ1) is 10.1. The van der Waals surface area contributed by atoms with Crippen LogP contribution in [0.25, 0.3) is 10.1 Å². The Balaban J connectivity index is 2.82. The lowest BCUT2D eigenvalue weighted by Gasteiger charge is -2.01. The Labute approximate surface area is 98.7 Å². The number of thiophene rings is 1. The molecule has 0 spiro atoms. The second-order valence-electron chi connectivity index (χ2n) is 2.88. The number of fused-ring (bicyclic) bond motifs is 1. The maximum absolute atomic E-state index is 10.9. The fourth-order valence-corrected chi connectivity index (χ4v) is 3.31. The van der Waals surface area contributed by atoms with Crippen LogP contribution in [0.5, 0.6) is 0 Å². The van der Waals surface area contributed by atoms with Crippen molar-refractivity contribution < 1.29 is 9.90 Å². The van der Waals surface area contributed by atoms with Gasteiger partial charge in [-0.05, 0) is 39.6 Å². The lowest BCUT2D eigenvalue weighted by atomic mass is 10.1. The quantitative estimate of drug-likeness (QED) is 0.683. The normalized spacial score (nSPS) is 10.7. The number of benzene rings is 1. The van der Waals surface area contributed by atoms with E-state index in [-0.39, 0.29) is 6.61 Å². The molecule has 0 bridgehead atoms. The molecular formula is C10H7IO2S. The molecule has 4 heteroatoms. The van der Waals surface area contributed by atoms with Gasteiger partial charge in [0.25, 0.3) is 0 Å². The maximum atomic E-state index is 10.9. The number of carbonyl (C=O) groups is 1. The van der Waals surface area contributed by atoms with Crippen LogP contribution in [-0.4, -0.2) is 11.4 Å². The third-order valence-corrected chi connectivity index (χ3v) is 4.02. The van der Waals surface area contributed by atoms with Gasteiger partial charge in [0.1, 0.15) is 0 Å². The number of carbonyl (C=O) groups excluding carboxylic acids is 1. The molecule has 0 atom stereocenters. The molecule has 2 aromatic rings. The number of rotatable bonds is 2. The summed E-state index contributed by atoms with van der Waals surface area (Å²) < 4.78 is 2.12. The van der Waals surface area contributed by atoms with Crippen molar-refractivity contribution in [3.05, 3.63) is 32.2 Å². The molecule has 0 aliphatic heterocycles. The van der Waals surface area contributed by atoms with Crippen LogP contribution in [0.15, 0.2) is 18.2 Å². The van der Waals surface area contributed by atoms with Crippen LogP contribution >= 0.6 is 33.9 Å². The highest BCUT2D eigenvalue weighted by atomic mass is 127. The van der Waals surface area contributed by atoms with E-state index >= 15 is 0 Å². The average molecular weight is 318 g/mol. The van der Waals surface area contributed by atoms with Gasteiger partial charge in [-0.2, -0.15) is 0 Å². The predicted octanol–water partition coefficient (Wildman–Crippen LogP) is 2.81. The summed E-state index contributed by atoms with van der Waals surface area (Å²) >= 11 is 3.81. The van der Waals surface area contributed by atoms with Gasteiger partial charge < -0.3 is 5.11 Å². The first-order chi connectivity index (χ1) is 6.76. The lowest BCUT2D eigenvalue weighted by Crippen LogP contribution is -1.91. The SMILES string of the molecule is O=Cc1c(CO)ccc2cc(I)sc12. The van der Waals surface area contributed by atoms with Crippen LogP contribution in [0.3, 0.4) is 0 Å². The van der Waals surface area contributed by atoms with E-state index in [1.807, 2.05) is 12.1 Å². The van der Waals surface area contributed by atoms with Crippen molar-refractivity contribution in [3.63, 3.8) is 0 Å². The topological polar surface area (TPSA) is 37.3 Å². The second-order valence-corrected chi connectivity index (χ2v) is 5.83. The molecule has 1 aromatic carbocycles. The summed E-state index contributed by atoms with van der Waals surface area (Å²) in [5.41, 5.74) is 1.32. The third kappa shape index (κ3) is 1.57. The van der Waals surface area contributed by atoms with E-state index in [1.165, 1.54) is 0 Å². The zero-order chi connectivity index (χ0) is 10.1. The summed E-state index contributed by atoms with van der Waals surface area (Å²) in [6, 6.07) is 5.77. The van der Waals surface area contributed by atoms with Gasteiger partial charge in [0.2, 0.25) is 0 Å². The van der Waals surface area contributed by atoms with Crippen molar-refractivity contribution in [2.24, 2.45) is 0 Å². The van der Waals surface area contributed by atoms with E-state index in [9.17, 15) is 4.79 Å². The van der Waals surface area contributed by atoms with Crippen LogP contribution in [0, 0.1) is 2.88 Å². The monoisotopic (exact) mass is 318 g/mol. The molecule has 0 amide bonds. The number of aliphatic hydroxyl groups is 1. The van der Waals surface area contributed by atoms with Crippen LogP contribution < -0.4 is 0 Å². The molecular weight excluding hydrogens is 311 g/mol. The Morgan fingerprint density at radius 1 is 1.50 bits per heavy atom. The van der Waals surface area contributed by atoms with Crippen LogP contribution in [0.2, 0.25) is 0 Å². The molecule has 0 saturated heterocycles. The predicted molar refractivity (Wildman–Crippen MR) is 65.9 cm³/mol. The molecule has 0 radical (unpaired) electrons. The van der Waals surface area contributed by atoms with Gasteiger partial charge in [-0.3, -0.25) is 4.79 Å². The van der Waals surface area contributed by atoms with E-state index in [2.05, 4.69) is 22.6 Å². The van der Waals surface area contributed by atoms with Crippen LogP contribution in [0.1, 0.15) is 15.9 Å². The highest BCUT2D eigenvalue weighted by Gasteiger charge is 2.08. The fraction of sp³-hybridized carbons (Fsp3) is 0.100. The minimum atomic E-state index is -0.0848. The van der Waals surface area contributed by atoms with Gasteiger partial charge in [-0.25, -0.2) is 0 Å². The summed E-state index contributed by atoms with van der Waals surface area (Å²) in [6.45, 7) is -0.0848. The van der Waals surface area contributed by atoms with Gasteiger partial charge in [-0.15, -0.1) is 11.3 Å². The van der Waals surface area contributed by atoms with Gasteiger partial charge >= 0.3 is 0 Å². The van der Waals surface area contributed by atoms with Gasteiger partial charge in [0, 0.05) is 10.3 Å². The van der Waals surface area contributed by atoms with Gasteiger partial charge in [0.05, 0.1) is 9.49 Å². The Bertz CT molecular complexity index is 490. The third-order valence-electron chi connectivity index (χ3n) is 2.07. The summed E-state index contributed by atoms with van der Waals surface area (Å²) in [7, 11) is 0. The number of aldehydes is 1. The zero-order valence-electron chi connectivity index (χ0n) is 7.16. The molecule has 1 heterocycles. The average Bonchev–Trinajstić information content (AvgIpc) is 2.56. The Morgan fingerprint density at radius 2 is 2.29 bits per heavy atom. The van der Waals surface area contributed by atoms with Gasteiger partial charge in [0.15, 0.2) is 6.29 Å². The largest absolute Gasteiger partial charge is 0.392 e. The fourth-order valence-electron chi connectivity index (χ4n) is 1.40. The Kier molecular flexibility index (Phi) is 2.85. The van der Waals surface area contributed by atoms with Crippen molar-refractivity contribution in [2.75, 3.05) is 0 Å². The van der Waals surface area contributed by atoms with E-state index in [0.717, 1.165) is 19.3 Å². The molecule has 2 nitrogen and oxygen atoms in total. The van der Waals surface area contributed by atoms with Gasteiger partial charge in [-0.1, -0.05) is 12.1 Å². The van der Waals surface area contributed by atoms with Crippen LogP contribution in [-0.2, 0) is 6.61 Å². The molecule has 0 unspecified atom stereocenters. The van der Waals surface area contributed by atoms with Crippen molar-refractivity contribution in [2.45, 2.75) is 6.61 Å². The number of hydrogen-bond donors (Lipinski definition) is 1. The van der Waals surface area contributed by atoms with Crippen molar-refractivity contribution >= 4 is 50.3 Å². The zero-order valence-corrected chi connectivity index (χ0v) is 10.1.